The van der Waals surface area contributed by atoms with Gasteiger partial charge in [0.25, 0.3) is 0 Å². The van der Waals surface area contributed by atoms with Gasteiger partial charge in [-0.2, -0.15) is 10.2 Å². The average molecular weight is 256 g/mol. The summed E-state index contributed by atoms with van der Waals surface area (Å²) < 4.78 is 0. The molecule has 1 aliphatic heterocycles. The minimum atomic E-state index is 0.544. The lowest BCUT2D eigenvalue weighted by Gasteiger charge is -2.33. The number of anilines is 1. The highest BCUT2D eigenvalue weighted by Gasteiger charge is 2.16. The van der Waals surface area contributed by atoms with Crippen molar-refractivity contribution in [1.29, 1.82) is 0 Å². The van der Waals surface area contributed by atoms with Crippen molar-refractivity contribution in [3.63, 3.8) is 0 Å². The molecule has 1 aromatic carbocycles. The second-order valence-corrected chi connectivity index (χ2v) is 5.40. The van der Waals surface area contributed by atoms with Crippen LogP contribution in [0.25, 0.3) is 10.8 Å². The van der Waals surface area contributed by atoms with Gasteiger partial charge in [-0.05, 0) is 32.9 Å². The fourth-order valence-corrected chi connectivity index (χ4v) is 2.77. The van der Waals surface area contributed by atoms with E-state index in [0.717, 1.165) is 31.0 Å². The molecule has 0 amide bonds. The summed E-state index contributed by atoms with van der Waals surface area (Å²) in [5.41, 5.74) is 3.29. The quantitative estimate of drug-likeness (QED) is 0.848. The van der Waals surface area contributed by atoms with E-state index in [0.29, 0.717) is 6.04 Å². The first-order valence-corrected chi connectivity index (χ1v) is 6.87. The molecule has 4 heteroatoms. The molecule has 3 rings (SSSR count). The van der Waals surface area contributed by atoms with E-state index in [1.807, 2.05) is 13.8 Å². The van der Waals surface area contributed by atoms with Crippen LogP contribution in [0.2, 0.25) is 0 Å². The summed E-state index contributed by atoms with van der Waals surface area (Å²) >= 11 is 0. The fraction of sp³-hybridized carbons (Fsp3) is 0.467. The van der Waals surface area contributed by atoms with Crippen molar-refractivity contribution in [1.82, 2.24) is 15.5 Å². The van der Waals surface area contributed by atoms with Crippen LogP contribution in [0.4, 0.5) is 5.69 Å². The van der Waals surface area contributed by atoms with Gasteiger partial charge in [0.05, 0.1) is 11.4 Å². The Morgan fingerprint density at radius 1 is 1.16 bits per heavy atom. The largest absolute Gasteiger partial charge is 0.369 e. The molecular formula is C15H20N4. The number of benzene rings is 1. The van der Waals surface area contributed by atoms with E-state index in [-0.39, 0.29) is 0 Å². The summed E-state index contributed by atoms with van der Waals surface area (Å²) in [7, 11) is 0. The second-order valence-electron chi connectivity index (χ2n) is 5.40. The number of rotatable bonds is 1. The summed E-state index contributed by atoms with van der Waals surface area (Å²) in [5.74, 6) is 0. The molecule has 0 aliphatic carbocycles. The highest BCUT2D eigenvalue weighted by molar-refractivity contribution is 5.89. The molecule has 0 radical (unpaired) electrons. The average Bonchev–Trinajstić information content (AvgIpc) is 2.43. The lowest BCUT2D eigenvalue weighted by Crippen LogP contribution is -2.49. The van der Waals surface area contributed by atoms with Crippen molar-refractivity contribution in [2.24, 2.45) is 0 Å². The van der Waals surface area contributed by atoms with Crippen molar-refractivity contribution in [3.05, 3.63) is 29.6 Å². The second kappa shape index (κ2) is 4.78. The number of nitrogens with one attached hydrogen (secondary N) is 1. The molecule has 2 heterocycles. The van der Waals surface area contributed by atoms with E-state index in [1.165, 1.54) is 16.5 Å². The lowest BCUT2D eigenvalue weighted by molar-refractivity contribution is 0.485. The highest BCUT2D eigenvalue weighted by atomic mass is 15.2. The third kappa shape index (κ3) is 2.28. The van der Waals surface area contributed by atoms with Gasteiger partial charge in [-0.25, -0.2) is 0 Å². The summed E-state index contributed by atoms with van der Waals surface area (Å²) in [6.07, 6.45) is 0. The molecule has 1 aromatic heterocycles. The maximum absolute atomic E-state index is 4.23. The third-order valence-corrected chi connectivity index (χ3v) is 3.87. The van der Waals surface area contributed by atoms with Crippen LogP contribution in [-0.2, 0) is 0 Å². The Morgan fingerprint density at radius 3 is 2.63 bits per heavy atom. The van der Waals surface area contributed by atoms with Crippen LogP contribution in [0.1, 0.15) is 18.3 Å². The molecule has 1 atom stereocenters. The highest BCUT2D eigenvalue weighted by Crippen LogP contribution is 2.25. The molecule has 1 saturated heterocycles. The van der Waals surface area contributed by atoms with Crippen LogP contribution in [0.15, 0.2) is 18.2 Å². The van der Waals surface area contributed by atoms with Crippen LogP contribution in [0.3, 0.4) is 0 Å². The first-order valence-electron chi connectivity index (χ1n) is 6.87. The van der Waals surface area contributed by atoms with E-state index in [9.17, 15) is 0 Å². The molecule has 1 N–H and O–H groups in total. The Morgan fingerprint density at radius 2 is 1.89 bits per heavy atom. The lowest BCUT2D eigenvalue weighted by atomic mass is 10.1. The number of hydrogen-bond donors (Lipinski definition) is 1. The van der Waals surface area contributed by atoms with E-state index < -0.39 is 0 Å². The molecule has 2 aromatic rings. The Hall–Kier alpha value is -1.68. The normalized spacial score (nSPS) is 19.9. The Kier molecular flexibility index (Phi) is 3.11. The molecule has 100 valence electrons. The van der Waals surface area contributed by atoms with Crippen molar-refractivity contribution in [2.45, 2.75) is 26.8 Å². The first kappa shape index (κ1) is 12.4. The van der Waals surface area contributed by atoms with E-state index in [1.54, 1.807) is 0 Å². The minimum absolute atomic E-state index is 0.544. The standard InChI is InChI=1S/C15H20N4/c1-10-9-19(7-6-16-10)13-4-5-14-11(2)17-18-12(3)15(14)8-13/h4-5,8,10,16H,6-7,9H2,1-3H3/t10-/m1/s1. The van der Waals surface area contributed by atoms with Crippen LogP contribution in [-0.4, -0.2) is 35.9 Å². The van der Waals surface area contributed by atoms with Gasteiger partial charge in [0.2, 0.25) is 0 Å². The van der Waals surface area contributed by atoms with Crippen molar-refractivity contribution in [3.8, 4) is 0 Å². The van der Waals surface area contributed by atoms with Gasteiger partial charge in [-0.1, -0.05) is 6.07 Å². The number of aryl methyl sites for hydroxylation is 2. The van der Waals surface area contributed by atoms with Gasteiger partial charge in [0, 0.05) is 42.1 Å². The van der Waals surface area contributed by atoms with Gasteiger partial charge in [0.1, 0.15) is 0 Å². The van der Waals surface area contributed by atoms with Gasteiger partial charge < -0.3 is 10.2 Å². The predicted octanol–water partition coefficient (Wildman–Crippen LogP) is 2.04. The first-order chi connectivity index (χ1) is 9.15. The molecule has 0 spiro atoms. The summed E-state index contributed by atoms with van der Waals surface area (Å²) in [6, 6.07) is 7.18. The minimum Gasteiger partial charge on any atom is -0.369 e. The zero-order valence-electron chi connectivity index (χ0n) is 11.8. The Bertz CT molecular complexity index is 608. The maximum Gasteiger partial charge on any atom is 0.0679 e. The van der Waals surface area contributed by atoms with E-state index >= 15 is 0 Å². The van der Waals surface area contributed by atoms with Gasteiger partial charge in [-0.3, -0.25) is 0 Å². The Balaban J connectivity index is 2.04. The van der Waals surface area contributed by atoms with E-state index in [2.05, 4.69) is 45.5 Å². The van der Waals surface area contributed by atoms with Crippen LogP contribution < -0.4 is 10.2 Å². The number of fused-ring (bicyclic) bond motifs is 1. The van der Waals surface area contributed by atoms with Crippen molar-refractivity contribution in [2.75, 3.05) is 24.5 Å². The molecular weight excluding hydrogens is 236 g/mol. The molecule has 0 bridgehead atoms. The van der Waals surface area contributed by atoms with Gasteiger partial charge in [-0.15, -0.1) is 0 Å². The fourth-order valence-electron chi connectivity index (χ4n) is 2.77. The summed E-state index contributed by atoms with van der Waals surface area (Å²) in [6.45, 7) is 9.44. The Labute approximate surface area is 113 Å². The van der Waals surface area contributed by atoms with Crippen LogP contribution >= 0.6 is 0 Å². The van der Waals surface area contributed by atoms with Crippen molar-refractivity contribution >= 4 is 16.5 Å². The SMILES string of the molecule is Cc1nnc(C)c2cc(N3CCN[C@H](C)C3)ccc12. The smallest absolute Gasteiger partial charge is 0.0679 e. The van der Waals surface area contributed by atoms with Crippen LogP contribution in [0.5, 0.6) is 0 Å². The zero-order valence-corrected chi connectivity index (χ0v) is 11.8. The molecule has 0 unspecified atom stereocenters. The number of aromatic nitrogens is 2. The molecule has 4 nitrogen and oxygen atoms in total. The van der Waals surface area contributed by atoms with Crippen LogP contribution in [0, 0.1) is 13.8 Å². The number of nitrogens with zero attached hydrogens (tertiary/aromatic N) is 3. The van der Waals surface area contributed by atoms with E-state index in [4.69, 9.17) is 0 Å². The van der Waals surface area contributed by atoms with Gasteiger partial charge in [0.15, 0.2) is 0 Å². The van der Waals surface area contributed by atoms with Crippen molar-refractivity contribution < 1.29 is 0 Å². The molecule has 19 heavy (non-hydrogen) atoms. The molecule has 1 aliphatic rings. The summed E-state index contributed by atoms with van der Waals surface area (Å²) in [4.78, 5) is 2.44. The monoisotopic (exact) mass is 256 g/mol. The van der Waals surface area contributed by atoms with Gasteiger partial charge >= 0.3 is 0 Å². The maximum atomic E-state index is 4.23. The topological polar surface area (TPSA) is 41.1 Å². The molecule has 0 saturated carbocycles. The number of piperazine rings is 1. The summed E-state index contributed by atoms with van der Waals surface area (Å²) in [5, 5.41) is 14.3. The zero-order chi connectivity index (χ0) is 13.4. The third-order valence-electron chi connectivity index (χ3n) is 3.87. The number of hydrogen-bond acceptors (Lipinski definition) is 4. The predicted molar refractivity (Wildman–Crippen MR) is 78.7 cm³/mol. The molecule has 1 fully saturated rings.